The number of anilines is 1. The van der Waals surface area contributed by atoms with Gasteiger partial charge >= 0.3 is 0 Å². The molecule has 1 aliphatic heterocycles. The Labute approximate surface area is 110 Å². The molecule has 1 saturated heterocycles. The Kier molecular flexibility index (Phi) is 4.88. The van der Waals surface area contributed by atoms with Gasteiger partial charge in [0.25, 0.3) is 0 Å². The highest BCUT2D eigenvalue weighted by atomic mass is 16.5. The number of piperidine rings is 1. The van der Waals surface area contributed by atoms with Crippen molar-refractivity contribution in [2.75, 3.05) is 25.4 Å². The highest BCUT2D eigenvalue weighted by Gasteiger charge is 2.20. The summed E-state index contributed by atoms with van der Waals surface area (Å²) < 4.78 is 5.77. The summed E-state index contributed by atoms with van der Waals surface area (Å²) in [7, 11) is 0. The van der Waals surface area contributed by atoms with Gasteiger partial charge in [0.05, 0.1) is 5.69 Å². The standard InChI is InChI=1S/C15H24N2O/c1-2-13-7-5-6-10-17(13)11-12-18-15-9-4-3-8-14(15)16/h3-4,8-9,13H,2,5-7,10-12,16H2,1H3/t13-/m1/s1. The number of rotatable bonds is 5. The average Bonchev–Trinajstić information content (AvgIpc) is 2.41. The van der Waals surface area contributed by atoms with Gasteiger partial charge in [-0.2, -0.15) is 0 Å². The van der Waals surface area contributed by atoms with Crippen LogP contribution in [0.3, 0.4) is 0 Å². The van der Waals surface area contributed by atoms with Crippen molar-refractivity contribution in [1.82, 2.24) is 4.90 Å². The van der Waals surface area contributed by atoms with Gasteiger partial charge in [-0.25, -0.2) is 0 Å². The van der Waals surface area contributed by atoms with E-state index in [0.717, 1.165) is 30.6 Å². The summed E-state index contributed by atoms with van der Waals surface area (Å²) in [4.78, 5) is 2.56. The zero-order valence-corrected chi connectivity index (χ0v) is 11.3. The summed E-state index contributed by atoms with van der Waals surface area (Å²) in [6, 6.07) is 8.45. The maximum Gasteiger partial charge on any atom is 0.142 e. The van der Waals surface area contributed by atoms with Crippen LogP contribution in [0.4, 0.5) is 5.69 Å². The minimum absolute atomic E-state index is 0.725. The van der Waals surface area contributed by atoms with Gasteiger partial charge in [0.15, 0.2) is 0 Å². The van der Waals surface area contributed by atoms with E-state index in [0.29, 0.717) is 0 Å². The first-order valence-corrected chi connectivity index (χ1v) is 7.02. The van der Waals surface area contributed by atoms with Gasteiger partial charge in [0, 0.05) is 12.6 Å². The molecule has 1 aromatic rings. The minimum atomic E-state index is 0.725. The first kappa shape index (κ1) is 13.2. The van der Waals surface area contributed by atoms with Crippen molar-refractivity contribution in [3.8, 4) is 5.75 Å². The Morgan fingerprint density at radius 1 is 1.33 bits per heavy atom. The molecule has 0 amide bonds. The minimum Gasteiger partial charge on any atom is -0.490 e. The number of likely N-dealkylation sites (tertiary alicyclic amines) is 1. The van der Waals surface area contributed by atoms with Gasteiger partial charge in [0.1, 0.15) is 12.4 Å². The molecule has 18 heavy (non-hydrogen) atoms. The molecule has 0 bridgehead atoms. The normalized spacial score (nSPS) is 20.8. The van der Waals surface area contributed by atoms with E-state index in [-0.39, 0.29) is 0 Å². The van der Waals surface area contributed by atoms with E-state index >= 15 is 0 Å². The van der Waals surface area contributed by atoms with Crippen molar-refractivity contribution < 1.29 is 4.74 Å². The van der Waals surface area contributed by atoms with Crippen LogP contribution in [0.2, 0.25) is 0 Å². The summed E-state index contributed by atoms with van der Waals surface area (Å²) in [5.41, 5.74) is 6.58. The van der Waals surface area contributed by atoms with Crippen molar-refractivity contribution in [2.24, 2.45) is 0 Å². The van der Waals surface area contributed by atoms with Gasteiger partial charge in [-0.15, -0.1) is 0 Å². The van der Waals surface area contributed by atoms with Gasteiger partial charge in [-0.05, 0) is 37.9 Å². The van der Waals surface area contributed by atoms with Crippen LogP contribution in [0.15, 0.2) is 24.3 Å². The fourth-order valence-electron chi connectivity index (χ4n) is 2.70. The van der Waals surface area contributed by atoms with Crippen LogP contribution in [0, 0.1) is 0 Å². The Morgan fingerprint density at radius 3 is 2.94 bits per heavy atom. The molecular weight excluding hydrogens is 224 g/mol. The maximum absolute atomic E-state index is 5.85. The Bertz CT molecular complexity index is 367. The van der Waals surface area contributed by atoms with E-state index in [2.05, 4.69) is 11.8 Å². The molecule has 1 heterocycles. The third-order valence-corrected chi connectivity index (χ3v) is 3.78. The van der Waals surface area contributed by atoms with E-state index in [1.165, 1.54) is 32.2 Å². The predicted octanol–water partition coefficient (Wildman–Crippen LogP) is 2.91. The SMILES string of the molecule is CC[C@@H]1CCCCN1CCOc1ccccc1N. The van der Waals surface area contributed by atoms with Gasteiger partial charge < -0.3 is 10.5 Å². The van der Waals surface area contributed by atoms with Crippen molar-refractivity contribution in [3.63, 3.8) is 0 Å². The Morgan fingerprint density at radius 2 is 2.17 bits per heavy atom. The Balaban J connectivity index is 1.79. The van der Waals surface area contributed by atoms with Crippen molar-refractivity contribution in [1.29, 1.82) is 0 Å². The lowest BCUT2D eigenvalue weighted by molar-refractivity contribution is 0.120. The highest BCUT2D eigenvalue weighted by molar-refractivity contribution is 5.51. The first-order valence-electron chi connectivity index (χ1n) is 7.02. The fourth-order valence-corrected chi connectivity index (χ4v) is 2.70. The van der Waals surface area contributed by atoms with Gasteiger partial charge in [-0.1, -0.05) is 25.5 Å². The molecule has 1 atom stereocenters. The number of hydrogen-bond donors (Lipinski definition) is 1. The third kappa shape index (κ3) is 3.39. The molecular formula is C15H24N2O. The first-order chi connectivity index (χ1) is 8.81. The number of nitrogens with two attached hydrogens (primary N) is 1. The fraction of sp³-hybridized carbons (Fsp3) is 0.600. The van der Waals surface area contributed by atoms with E-state index in [4.69, 9.17) is 10.5 Å². The molecule has 0 radical (unpaired) electrons. The van der Waals surface area contributed by atoms with Crippen LogP contribution in [0.5, 0.6) is 5.75 Å². The highest BCUT2D eigenvalue weighted by Crippen LogP contribution is 2.21. The molecule has 0 aromatic heterocycles. The monoisotopic (exact) mass is 248 g/mol. The second kappa shape index (κ2) is 6.64. The molecule has 2 rings (SSSR count). The number of ether oxygens (including phenoxy) is 1. The number of hydrogen-bond acceptors (Lipinski definition) is 3. The number of nitrogen functional groups attached to an aromatic ring is 1. The van der Waals surface area contributed by atoms with Crippen LogP contribution in [0.25, 0.3) is 0 Å². The summed E-state index contributed by atoms with van der Waals surface area (Å²) in [6.45, 7) is 5.22. The summed E-state index contributed by atoms with van der Waals surface area (Å²) >= 11 is 0. The van der Waals surface area contributed by atoms with Crippen molar-refractivity contribution in [3.05, 3.63) is 24.3 Å². The quantitative estimate of drug-likeness (QED) is 0.814. The maximum atomic E-state index is 5.85. The number of benzene rings is 1. The molecule has 100 valence electrons. The lowest BCUT2D eigenvalue weighted by Crippen LogP contribution is -2.41. The Hall–Kier alpha value is -1.22. The molecule has 1 aliphatic rings. The molecule has 3 nitrogen and oxygen atoms in total. The zero-order valence-electron chi connectivity index (χ0n) is 11.3. The van der Waals surface area contributed by atoms with E-state index in [9.17, 15) is 0 Å². The molecule has 0 aliphatic carbocycles. The molecule has 3 heteroatoms. The van der Waals surface area contributed by atoms with E-state index in [1.807, 2.05) is 24.3 Å². The van der Waals surface area contributed by atoms with Crippen LogP contribution < -0.4 is 10.5 Å². The number of nitrogens with zero attached hydrogens (tertiary/aromatic N) is 1. The van der Waals surface area contributed by atoms with Gasteiger partial charge in [0.2, 0.25) is 0 Å². The largest absolute Gasteiger partial charge is 0.490 e. The summed E-state index contributed by atoms with van der Waals surface area (Å²) in [6.07, 6.45) is 5.28. The molecule has 2 N–H and O–H groups in total. The van der Waals surface area contributed by atoms with Crippen LogP contribution >= 0.6 is 0 Å². The lowest BCUT2D eigenvalue weighted by Gasteiger charge is -2.35. The number of para-hydroxylation sites is 2. The van der Waals surface area contributed by atoms with E-state index in [1.54, 1.807) is 0 Å². The van der Waals surface area contributed by atoms with Crippen LogP contribution in [0.1, 0.15) is 32.6 Å². The second-order valence-electron chi connectivity index (χ2n) is 4.98. The summed E-state index contributed by atoms with van der Waals surface area (Å²) in [5, 5.41) is 0. The molecule has 0 spiro atoms. The summed E-state index contributed by atoms with van der Waals surface area (Å²) in [5.74, 6) is 0.808. The van der Waals surface area contributed by atoms with Crippen molar-refractivity contribution in [2.45, 2.75) is 38.6 Å². The molecule has 0 saturated carbocycles. The average molecular weight is 248 g/mol. The van der Waals surface area contributed by atoms with E-state index < -0.39 is 0 Å². The zero-order chi connectivity index (χ0) is 12.8. The molecule has 0 unspecified atom stereocenters. The third-order valence-electron chi connectivity index (χ3n) is 3.78. The topological polar surface area (TPSA) is 38.5 Å². The second-order valence-corrected chi connectivity index (χ2v) is 4.98. The molecule has 1 fully saturated rings. The smallest absolute Gasteiger partial charge is 0.142 e. The van der Waals surface area contributed by atoms with Crippen LogP contribution in [-0.4, -0.2) is 30.6 Å². The van der Waals surface area contributed by atoms with Crippen molar-refractivity contribution >= 4 is 5.69 Å². The van der Waals surface area contributed by atoms with Crippen LogP contribution in [-0.2, 0) is 0 Å². The predicted molar refractivity (Wildman–Crippen MR) is 75.9 cm³/mol. The lowest BCUT2D eigenvalue weighted by atomic mass is 10.0. The molecule has 1 aromatic carbocycles. The van der Waals surface area contributed by atoms with Gasteiger partial charge in [-0.3, -0.25) is 4.90 Å².